The van der Waals surface area contributed by atoms with E-state index in [9.17, 15) is 4.79 Å². The normalized spacial score (nSPS) is 10.2. The predicted octanol–water partition coefficient (Wildman–Crippen LogP) is 2.44. The van der Waals surface area contributed by atoms with Gasteiger partial charge >= 0.3 is 0 Å². The number of benzene rings is 1. The lowest BCUT2D eigenvalue weighted by Gasteiger charge is -2.07. The fraction of sp³-hybridized carbons (Fsp3) is 0.231. The summed E-state index contributed by atoms with van der Waals surface area (Å²) in [6.07, 6.45) is 0. The molecular weight excluding hydrogens is 312 g/mol. The molecule has 0 aliphatic rings. The second-order valence-corrected chi connectivity index (χ2v) is 4.78. The quantitative estimate of drug-likeness (QED) is 0.917. The van der Waals surface area contributed by atoms with Crippen LogP contribution in [0.1, 0.15) is 11.5 Å². The van der Waals surface area contributed by atoms with E-state index in [1.165, 1.54) is 0 Å². The van der Waals surface area contributed by atoms with Gasteiger partial charge in [-0.15, -0.1) is 0 Å². The zero-order valence-electron chi connectivity index (χ0n) is 10.4. The zero-order chi connectivity index (χ0) is 13.7. The number of nitrogens with one attached hydrogen (secondary N) is 1. The van der Waals surface area contributed by atoms with Crippen molar-refractivity contribution in [1.29, 1.82) is 0 Å². The van der Waals surface area contributed by atoms with Crippen LogP contribution in [0, 0.1) is 6.92 Å². The molecule has 0 bridgehead atoms. The molecule has 2 aromatic rings. The number of aromatic nitrogens is 1. The highest BCUT2D eigenvalue weighted by molar-refractivity contribution is 9.10. The van der Waals surface area contributed by atoms with E-state index in [1.54, 1.807) is 19.1 Å². The van der Waals surface area contributed by atoms with Crippen LogP contribution in [0.4, 0.5) is 0 Å². The first kappa shape index (κ1) is 13.6. The first-order valence-electron chi connectivity index (χ1n) is 5.71. The Balaban J connectivity index is 1.77. The molecule has 1 aromatic heterocycles. The number of ether oxygens (including phenoxy) is 1. The minimum atomic E-state index is -0.212. The standard InChI is InChI=1S/C13H13BrN2O3/c1-9-6-10(16-19-9)7-15-13(17)8-18-12-5-3-2-4-11(12)14/h2-6H,7-8H2,1H3,(H,15,17). The van der Waals surface area contributed by atoms with E-state index in [-0.39, 0.29) is 12.5 Å². The molecule has 1 heterocycles. The molecule has 19 heavy (non-hydrogen) atoms. The molecule has 0 aliphatic carbocycles. The SMILES string of the molecule is Cc1cc(CNC(=O)COc2ccccc2Br)no1. The molecular formula is C13H13BrN2O3. The first-order valence-corrected chi connectivity index (χ1v) is 6.50. The molecule has 5 nitrogen and oxygen atoms in total. The second-order valence-electron chi connectivity index (χ2n) is 3.92. The van der Waals surface area contributed by atoms with Crippen LogP contribution < -0.4 is 10.1 Å². The van der Waals surface area contributed by atoms with Gasteiger partial charge in [-0.1, -0.05) is 17.3 Å². The van der Waals surface area contributed by atoms with Crippen molar-refractivity contribution in [3.8, 4) is 5.75 Å². The minimum absolute atomic E-state index is 0.0422. The minimum Gasteiger partial charge on any atom is -0.483 e. The summed E-state index contributed by atoms with van der Waals surface area (Å²) in [5.41, 5.74) is 0.687. The molecule has 1 aromatic carbocycles. The molecule has 0 atom stereocenters. The predicted molar refractivity (Wildman–Crippen MR) is 72.7 cm³/mol. The summed E-state index contributed by atoms with van der Waals surface area (Å²) < 4.78 is 11.1. The molecule has 1 N–H and O–H groups in total. The maximum Gasteiger partial charge on any atom is 0.258 e. The molecule has 100 valence electrons. The van der Waals surface area contributed by atoms with Crippen molar-refractivity contribution in [2.24, 2.45) is 0 Å². The summed E-state index contributed by atoms with van der Waals surface area (Å²) in [7, 11) is 0. The Morgan fingerprint density at radius 2 is 2.26 bits per heavy atom. The second kappa shape index (κ2) is 6.38. The van der Waals surface area contributed by atoms with E-state index in [0.29, 0.717) is 23.7 Å². The highest BCUT2D eigenvalue weighted by Gasteiger charge is 2.06. The fourth-order valence-corrected chi connectivity index (χ4v) is 1.85. The molecule has 0 saturated heterocycles. The number of halogens is 1. The van der Waals surface area contributed by atoms with E-state index >= 15 is 0 Å². The highest BCUT2D eigenvalue weighted by Crippen LogP contribution is 2.23. The first-order chi connectivity index (χ1) is 9.15. The average molecular weight is 325 g/mol. The molecule has 0 radical (unpaired) electrons. The average Bonchev–Trinajstić information content (AvgIpc) is 2.81. The van der Waals surface area contributed by atoms with Gasteiger partial charge in [0.15, 0.2) is 6.61 Å². The van der Waals surface area contributed by atoms with Crippen LogP contribution in [-0.2, 0) is 11.3 Å². The van der Waals surface area contributed by atoms with Crippen molar-refractivity contribution in [1.82, 2.24) is 10.5 Å². The number of carbonyl (C=O) groups excluding carboxylic acids is 1. The number of hydrogen-bond acceptors (Lipinski definition) is 4. The van der Waals surface area contributed by atoms with Crippen LogP contribution in [0.15, 0.2) is 39.3 Å². The number of para-hydroxylation sites is 1. The topological polar surface area (TPSA) is 64.4 Å². The van der Waals surface area contributed by atoms with Gasteiger partial charge in [-0.25, -0.2) is 0 Å². The van der Waals surface area contributed by atoms with Crippen molar-refractivity contribution in [2.75, 3.05) is 6.61 Å². The van der Waals surface area contributed by atoms with Gasteiger partial charge in [0.05, 0.1) is 11.0 Å². The molecule has 0 fully saturated rings. The van der Waals surface area contributed by atoms with Gasteiger partial charge in [-0.2, -0.15) is 0 Å². The lowest BCUT2D eigenvalue weighted by atomic mass is 10.3. The van der Waals surface area contributed by atoms with E-state index in [2.05, 4.69) is 26.4 Å². The summed E-state index contributed by atoms with van der Waals surface area (Å²) in [5, 5.41) is 6.48. The summed E-state index contributed by atoms with van der Waals surface area (Å²) in [6, 6.07) is 9.14. The third-order valence-corrected chi connectivity index (χ3v) is 2.99. The van der Waals surface area contributed by atoms with Crippen molar-refractivity contribution < 1.29 is 14.1 Å². The van der Waals surface area contributed by atoms with Gasteiger partial charge in [0.25, 0.3) is 5.91 Å². The Kier molecular flexibility index (Phi) is 4.57. The number of aryl methyl sites for hydroxylation is 1. The van der Waals surface area contributed by atoms with Crippen LogP contribution >= 0.6 is 15.9 Å². The van der Waals surface area contributed by atoms with E-state index in [1.807, 2.05) is 18.2 Å². The highest BCUT2D eigenvalue weighted by atomic mass is 79.9. The van der Waals surface area contributed by atoms with E-state index in [0.717, 1.165) is 4.47 Å². The van der Waals surface area contributed by atoms with Crippen LogP contribution in [0.2, 0.25) is 0 Å². The fourth-order valence-electron chi connectivity index (χ4n) is 1.45. The Labute approximate surface area is 119 Å². The Bertz CT molecular complexity index is 569. The Morgan fingerprint density at radius 3 is 2.95 bits per heavy atom. The number of hydrogen-bond donors (Lipinski definition) is 1. The molecule has 2 rings (SSSR count). The van der Waals surface area contributed by atoms with Crippen LogP contribution in [-0.4, -0.2) is 17.7 Å². The molecule has 0 saturated carbocycles. The largest absolute Gasteiger partial charge is 0.483 e. The van der Waals surface area contributed by atoms with Crippen molar-refractivity contribution in [2.45, 2.75) is 13.5 Å². The lowest BCUT2D eigenvalue weighted by molar-refractivity contribution is -0.123. The van der Waals surface area contributed by atoms with Gasteiger partial charge in [0.1, 0.15) is 17.2 Å². The maximum atomic E-state index is 11.6. The van der Waals surface area contributed by atoms with E-state index in [4.69, 9.17) is 9.26 Å². The monoisotopic (exact) mass is 324 g/mol. The van der Waals surface area contributed by atoms with Gasteiger partial charge in [-0.05, 0) is 35.0 Å². The number of rotatable bonds is 5. The van der Waals surface area contributed by atoms with Crippen molar-refractivity contribution >= 4 is 21.8 Å². The molecule has 0 spiro atoms. The van der Waals surface area contributed by atoms with Crippen LogP contribution in [0.25, 0.3) is 0 Å². The number of carbonyl (C=O) groups is 1. The van der Waals surface area contributed by atoms with Crippen molar-refractivity contribution in [3.63, 3.8) is 0 Å². The smallest absolute Gasteiger partial charge is 0.258 e. The molecule has 0 aliphatic heterocycles. The third-order valence-electron chi connectivity index (χ3n) is 2.34. The van der Waals surface area contributed by atoms with E-state index < -0.39 is 0 Å². The van der Waals surface area contributed by atoms with Crippen molar-refractivity contribution in [3.05, 3.63) is 46.3 Å². The number of amides is 1. The number of nitrogens with zero attached hydrogens (tertiary/aromatic N) is 1. The summed E-state index contributed by atoms with van der Waals surface area (Å²) >= 11 is 3.35. The van der Waals surface area contributed by atoms with Gasteiger partial charge in [-0.3, -0.25) is 4.79 Å². The third kappa shape index (κ3) is 4.10. The summed E-state index contributed by atoms with van der Waals surface area (Å²) in [4.78, 5) is 11.6. The van der Waals surface area contributed by atoms with Gasteiger partial charge < -0.3 is 14.6 Å². The molecule has 6 heteroatoms. The summed E-state index contributed by atoms with van der Waals surface area (Å²) in [5.74, 6) is 1.14. The molecule has 1 amide bonds. The van der Waals surface area contributed by atoms with Gasteiger partial charge in [0.2, 0.25) is 0 Å². The van der Waals surface area contributed by atoms with Gasteiger partial charge in [0, 0.05) is 6.07 Å². The van der Waals surface area contributed by atoms with Crippen LogP contribution in [0.3, 0.4) is 0 Å². The maximum absolute atomic E-state index is 11.6. The van der Waals surface area contributed by atoms with Crippen LogP contribution in [0.5, 0.6) is 5.75 Å². The Hall–Kier alpha value is -1.82. The zero-order valence-corrected chi connectivity index (χ0v) is 11.9. The molecule has 0 unspecified atom stereocenters. The lowest BCUT2D eigenvalue weighted by Crippen LogP contribution is -2.28. The Morgan fingerprint density at radius 1 is 1.47 bits per heavy atom. The summed E-state index contributed by atoms with van der Waals surface area (Å²) in [6.45, 7) is 2.09.